The molecule has 50 heavy (non-hydrogen) atoms. The van der Waals surface area contributed by atoms with Gasteiger partial charge in [0.15, 0.2) is 11.5 Å². The van der Waals surface area contributed by atoms with Gasteiger partial charge >= 0.3 is 18.1 Å². The Hall–Kier alpha value is -4.75. The van der Waals surface area contributed by atoms with Gasteiger partial charge in [-0.05, 0) is 61.6 Å². The van der Waals surface area contributed by atoms with Crippen molar-refractivity contribution in [1.82, 2.24) is 9.47 Å². The van der Waals surface area contributed by atoms with Crippen molar-refractivity contribution >= 4 is 22.8 Å². The minimum atomic E-state index is -5.05. The number of hydrogen-bond donors (Lipinski definition) is 2. The number of carbonyl (C=O) groups excluding carboxylic acids is 1. The number of halogens is 3. The van der Waals surface area contributed by atoms with Gasteiger partial charge in [0.25, 0.3) is 0 Å². The van der Waals surface area contributed by atoms with Crippen molar-refractivity contribution in [3.8, 4) is 17.2 Å². The minimum absolute atomic E-state index is 0.0753. The van der Waals surface area contributed by atoms with E-state index in [1.54, 1.807) is 40.7 Å². The van der Waals surface area contributed by atoms with E-state index in [1.807, 2.05) is 18.2 Å². The lowest BCUT2D eigenvalue weighted by atomic mass is 9.90. The molecule has 1 atom stereocenters. The van der Waals surface area contributed by atoms with Crippen LogP contribution in [0.2, 0.25) is 0 Å². The topological polar surface area (TPSA) is 120 Å². The zero-order valence-corrected chi connectivity index (χ0v) is 28.2. The number of carbonyl (C=O) groups is 2. The number of benzene rings is 3. The Labute approximate surface area is 287 Å². The van der Waals surface area contributed by atoms with Gasteiger partial charge < -0.3 is 33.7 Å². The summed E-state index contributed by atoms with van der Waals surface area (Å²) in [5, 5.41) is 21.3. The fourth-order valence-corrected chi connectivity index (χ4v) is 6.34. The summed E-state index contributed by atoms with van der Waals surface area (Å²) < 4.78 is 68.9. The standard InChI is InChI=1S/C37H41F3N2O8/c1-4-49-33(43)13-10-25-18-31(47-2)34(32(19-25)48-3)50-27-14-16-41(17-15-27)23-36(46,37(38,39)40)29-22-42(21-24-8-6-5-7-9-24)30-20-26(35(44)45)11-12-28(29)30/h5-9,11-12,18-20,22,27,46H,4,10,13-17,21,23H2,1-3H3,(H,44,45). The van der Waals surface area contributed by atoms with Gasteiger partial charge in [0.05, 0.1) is 26.4 Å². The SMILES string of the molecule is CCOC(=O)CCc1cc(OC)c(OC2CCN(CC(O)(c3cn(Cc4ccccc4)c4cc(C(=O)O)ccc34)C(F)(F)F)CC2)c(OC)c1. The molecule has 1 aromatic heterocycles. The van der Waals surface area contributed by atoms with E-state index in [9.17, 15) is 33.0 Å². The van der Waals surface area contributed by atoms with Crippen LogP contribution in [0.15, 0.2) is 66.9 Å². The van der Waals surface area contributed by atoms with Gasteiger partial charge in [-0.1, -0.05) is 36.4 Å². The number of piperidine rings is 1. The number of aryl methyl sites for hydroxylation is 1. The number of likely N-dealkylation sites (tertiary alicyclic amines) is 1. The molecule has 2 N–H and O–H groups in total. The normalized spacial score (nSPS) is 15.4. The van der Waals surface area contributed by atoms with Crippen molar-refractivity contribution in [2.45, 2.75) is 57.0 Å². The number of carboxylic acid groups (broad SMARTS) is 1. The third-order valence-electron chi connectivity index (χ3n) is 8.95. The molecule has 2 heterocycles. The Bertz CT molecular complexity index is 1780. The second kappa shape index (κ2) is 15.4. The largest absolute Gasteiger partial charge is 0.493 e. The van der Waals surface area contributed by atoms with Crippen LogP contribution in [0.3, 0.4) is 0 Å². The van der Waals surface area contributed by atoms with E-state index >= 15 is 0 Å². The number of ether oxygens (including phenoxy) is 4. The van der Waals surface area contributed by atoms with Crippen LogP contribution in [-0.4, -0.2) is 84.4 Å². The van der Waals surface area contributed by atoms with E-state index in [0.29, 0.717) is 43.1 Å². The molecule has 0 saturated carbocycles. The molecule has 0 bridgehead atoms. The van der Waals surface area contributed by atoms with Crippen molar-refractivity contribution in [3.63, 3.8) is 0 Å². The third-order valence-corrected chi connectivity index (χ3v) is 8.95. The van der Waals surface area contributed by atoms with Crippen LogP contribution in [0.5, 0.6) is 17.2 Å². The summed E-state index contributed by atoms with van der Waals surface area (Å²) in [6, 6.07) is 16.5. The lowest BCUT2D eigenvalue weighted by Gasteiger charge is -2.39. The number of hydrogen-bond acceptors (Lipinski definition) is 8. The molecule has 0 radical (unpaired) electrons. The van der Waals surface area contributed by atoms with Gasteiger partial charge in [0.2, 0.25) is 11.4 Å². The molecular formula is C37H41F3N2O8. The summed E-state index contributed by atoms with van der Waals surface area (Å²) in [4.78, 5) is 25.2. The zero-order chi connectivity index (χ0) is 36.1. The number of nitrogens with zero attached hydrogens (tertiary/aromatic N) is 2. The van der Waals surface area contributed by atoms with E-state index in [4.69, 9.17) is 18.9 Å². The summed E-state index contributed by atoms with van der Waals surface area (Å²) >= 11 is 0. The highest BCUT2D eigenvalue weighted by atomic mass is 19.4. The van der Waals surface area contributed by atoms with Crippen LogP contribution in [0.25, 0.3) is 10.9 Å². The van der Waals surface area contributed by atoms with Crippen molar-refractivity contribution in [2.24, 2.45) is 0 Å². The lowest BCUT2D eigenvalue weighted by Crippen LogP contribution is -2.53. The monoisotopic (exact) mass is 698 g/mol. The highest BCUT2D eigenvalue weighted by Crippen LogP contribution is 2.45. The molecule has 1 aliphatic heterocycles. The molecule has 4 aromatic rings. The van der Waals surface area contributed by atoms with Crippen LogP contribution < -0.4 is 14.2 Å². The van der Waals surface area contributed by atoms with Gasteiger partial charge in [0.1, 0.15) is 6.10 Å². The van der Waals surface area contributed by atoms with E-state index in [1.165, 1.54) is 38.6 Å². The number of β-amino-alcohol motifs (C(OH)–C–C–N with tert-alkyl or cyclic N) is 1. The molecule has 0 aliphatic carbocycles. The Balaban J connectivity index is 1.35. The van der Waals surface area contributed by atoms with Crippen molar-refractivity contribution in [3.05, 3.63) is 89.1 Å². The van der Waals surface area contributed by atoms with Crippen LogP contribution in [0, 0.1) is 0 Å². The van der Waals surface area contributed by atoms with E-state index < -0.39 is 24.3 Å². The number of alkyl halides is 3. The average molecular weight is 699 g/mol. The third kappa shape index (κ3) is 8.00. The first-order valence-electron chi connectivity index (χ1n) is 16.4. The number of aromatic carboxylic acids is 1. The maximum atomic E-state index is 15.0. The maximum Gasteiger partial charge on any atom is 0.422 e. The van der Waals surface area contributed by atoms with Gasteiger partial charge in [0, 0.05) is 55.3 Å². The molecule has 268 valence electrons. The molecular weight excluding hydrogens is 657 g/mol. The van der Waals surface area contributed by atoms with E-state index in [-0.39, 0.29) is 60.2 Å². The second-order valence-electron chi connectivity index (χ2n) is 12.3. The van der Waals surface area contributed by atoms with Gasteiger partial charge in [-0.15, -0.1) is 0 Å². The number of aliphatic hydroxyl groups is 1. The number of aromatic nitrogens is 1. The highest BCUT2D eigenvalue weighted by Gasteiger charge is 2.57. The molecule has 3 aromatic carbocycles. The lowest BCUT2D eigenvalue weighted by molar-refractivity contribution is -0.272. The Kier molecular flexibility index (Phi) is 11.3. The summed E-state index contributed by atoms with van der Waals surface area (Å²) in [5.41, 5.74) is -1.82. The second-order valence-corrected chi connectivity index (χ2v) is 12.3. The predicted molar refractivity (Wildman–Crippen MR) is 179 cm³/mol. The highest BCUT2D eigenvalue weighted by molar-refractivity contribution is 5.95. The molecule has 10 nitrogen and oxygen atoms in total. The van der Waals surface area contributed by atoms with Crippen molar-refractivity contribution in [1.29, 1.82) is 0 Å². The molecule has 0 amide bonds. The summed E-state index contributed by atoms with van der Waals surface area (Å²) in [5.74, 6) is -0.380. The molecule has 13 heteroatoms. The molecule has 0 spiro atoms. The average Bonchev–Trinajstić information content (AvgIpc) is 3.46. The van der Waals surface area contributed by atoms with Crippen molar-refractivity contribution in [2.75, 3.05) is 40.5 Å². The first-order chi connectivity index (χ1) is 23.9. The quantitative estimate of drug-likeness (QED) is 0.149. The predicted octanol–water partition coefficient (Wildman–Crippen LogP) is 6.19. The molecule has 1 aliphatic rings. The fourth-order valence-electron chi connectivity index (χ4n) is 6.34. The number of esters is 1. The fraction of sp³-hybridized carbons (Fsp3) is 0.405. The Morgan fingerprint density at radius 2 is 1.60 bits per heavy atom. The van der Waals surface area contributed by atoms with Crippen LogP contribution >= 0.6 is 0 Å². The van der Waals surface area contributed by atoms with E-state index in [2.05, 4.69) is 0 Å². The van der Waals surface area contributed by atoms with Gasteiger partial charge in [-0.3, -0.25) is 9.69 Å². The Morgan fingerprint density at radius 1 is 0.940 bits per heavy atom. The van der Waals surface area contributed by atoms with Crippen LogP contribution in [-0.2, 0) is 28.1 Å². The van der Waals surface area contributed by atoms with Crippen LogP contribution in [0.4, 0.5) is 13.2 Å². The molecule has 1 saturated heterocycles. The molecule has 1 unspecified atom stereocenters. The summed E-state index contributed by atoms with van der Waals surface area (Å²) in [6.07, 6.45) is -2.83. The molecule has 5 rings (SSSR count). The summed E-state index contributed by atoms with van der Waals surface area (Å²) in [6.45, 7) is 1.89. The first kappa shape index (κ1) is 36.5. The number of rotatable bonds is 14. The first-order valence-corrected chi connectivity index (χ1v) is 16.4. The minimum Gasteiger partial charge on any atom is -0.493 e. The van der Waals surface area contributed by atoms with Crippen molar-refractivity contribution < 1.29 is 51.9 Å². The maximum absolute atomic E-state index is 15.0. The smallest absolute Gasteiger partial charge is 0.422 e. The number of fused-ring (bicyclic) bond motifs is 1. The van der Waals surface area contributed by atoms with Gasteiger partial charge in [-0.2, -0.15) is 13.2 Å². The summed E-state index contributed by atoms with van der Waals surface area (Å²) in [7, 11) is 2.97. The zero-order valence-electron chi connectivity index (χ0n) is 28.2. The van der Waals surface area contributed by atoms with E-state index in [0.717, 1.165) is 11.1 Å². The van der Waals surface area contributed by atoms with Crippen LogP contribution in [0.1, 0.15) is 53.2 Å². The molecule has 1 fully saturated rings. The van der Waals surface area contributed by atoms with Gasteiger partial charge in [-0.25, -0.2) is 4.79 Å². The Morgan fingerprint density at radius 3 is 2.18 bits per heavy atom. The number of carboxylic acids is 1. The number of methoxy groups -OCH3 is 2.